The van der Waals surface area contributed by atoms with E-state index < -0.39 is 52.8 Å². The Morgan fingerprint density at radius 1 is 0.838 bits per heavy atom. The van der Waals surface area contributed by atoms with E-state index in [4.69, 9.17) is 5.73 Å². The first kappa shape index (κ1) is 26.0. The third-order valence-electron chi connectivity index (χ3n) is 6.18. The first-order chi connectivity index (χ1) is 17.5. The lowest BCUT2D eigenvalue weighted by Crippen LogP contribution is -2.44. The number of alkyl halides is 3. The van der Waals surface area contributed by atoms with Crippen LogP contribution in [0.15, 0.2) is 82.4 Å². The molecule has 0 bridgehead atoms. The van der Waals surface area contributed by atoms with Gasteiger partial charge in [-0.15, -0.1) is 0 Å². The van der Waals surface area contributed by atoms with Crippen LogP contribution in [0, 0.1) is 18.6 Å². The van der Waals surface area contributed by atoms with Crippen LogP contribution in [0.2, 0.25) is 0 Å². The number of nitrogens with zero attached hydrogens (tertiary/aromatic N) is 2. The van der Waals surface area contributed by atoms with E-state index in [1.54, 1.807) is 30.3 Å². The Bertz CT molecular complexity index is 1560. The maximum atomic E-state index is 14.8. The summed E-state index contributed by atoms with van der Waals surface area (Å²) in [5.74, 6) is -1.94. The lowest BCUT2D eigenvalue weighted by atomic mass is 10.0. The summed E-state index contributed by atoms with van der Waals surface area (Å²) < 4.78 is 72.0. The number of halogens is 5. The molecule has 4 aromatic rings. The predicted molar refractivity (Wildman–Crippen MR) is 129 cm³/mol. The molecule has 4 rings (SSSR count). The molecule has 2 N–H and O–H groups in total. The molecular weight excluding hydrogens is 493 g/mol. The highest BCUT2D eigenvalue weighted by atomic mass is 19.4. The first-order valence-corrected chi connectivity index (χ1v) is 11.2. The van der Waals surface area contributed by atoms with Gasteiger partial charge >= 0.3 is 11.9 Å². The molecular formula is C27H22F5N3O2. The molecule has 0 saturated heterocycles. The molecule has 5 nitrogen and oxygen atoms in total. The van der Waals surface area contributed by atoms with E-state index in [0.29, 0.717) is 11.6 Å². The predicted octanol–water partition coefficient (Wildman–Crippen LogP) is 5.03. The Kier molecular flexibility index (Phi) is 7.13. The molecule has 3 aromatic carbocycles. The minimum absolute atomic E-state index is 0.110. The van der Waals surface area contributed by atoms with Crippen LogP contribution in [0.3, 0.4) is 0 Å². The molecule has 192 valence electrons. The van der Waals surface area contributed by atoms with E-state index >= 15 is 0 Å². The van der Waals surface area contributed by atoms with Crippen molar-refractivity contribution < 1.29 is 22.0 Å². The van der Waals surface area contributed by atoms with Gasteiger partial charge < -0.3 is 5.73 Å². The van der Waals surface area contributed by atoms with Gasteiger partial charge in [0, 0.05) is 22.9 Å². The minimum atomic E-state index is -4.90. The summed E-state index contributed by atoms with van der Waals surface area (Å²) in [4.78, 5) is 27.0. The van der Waals surface area contributed by atoms with Gasteiger partial charge in [0.05, 0.1) is 24.2 Å². The SMILES string of the molecule is Cc1c(-c2ccccc2F)c(=O)n(C[C@H](N)c2ccccc2)c(=O)n1Cc1c(F)cccc1C(F)(F)F. The van der Waals surface area contributed by atoms with Crippen molar-refractivity contribution in [2.75, 3.05) is 0 Å². The Morgan fingerprint density at radius 3 is 2.11 bits per heavy atom. The quantitative estimate of drug-likeness (QED) is 0.366. The van der Waals surface area contributed by atoms with Gasteiger partial charge in [0.15, 0.2) is 0 Å². The highest BCUT2D eigenvalue weighted by Crippen LogP contribution is 2.33. The van der Waals surface area contributed by atoms with E-state index in [2.05, 4.69) is 0 Å². The Morgan fingerprint density at radius 2 is 1.46 bits per heavy atom. The molecule has 1 atom stereocenters. The van der Waals surface area contributed by atoms with Gasteiger partial charge in [-0.1, -0.05) is 54.6 Å². The van der Waals surface area contributed by atoms with Gasteiger partial charge in [-0.25, -0.2) is 13.6 Å². The second-order valence-electron chi connectivity index (χ2n) is 8.51. The fourth-order valence-corrected chi connectivity index (χ4v) is 4.27. The molecule has 0 amide bonds. The highest BCUT2D eigenvalue weighted by molar-refractivity contribution is 5.65. The second-order valence-corrected chi connectivity index (χ2v) is 8.51. The number of rotatable bonds is 6. The van der Waals surface area contributed by atoms with Crippen LogP contribution in [0.1, 0.15) is 28.4 Å². The molecule has 0 radical (unpaired) electrons. The third-order valence-corrected chi connectivity index (χ3v) is 6.18. The molecule has 0 aliphatic heterocycles. The van der Waals surface area contributed by atoms with Crippen LogP contribution in [-0.4, -0.2) is 9.13 Å². The average Bonchev–Trinajstić information content (AvgIpc) is 2.86. The topological polar surface area (TPSA) is 70.0 Å². The molecule has 0 unspecified atom stereocenters. The van der Waals surface area contributed by atoms with Crippen LogP contribution in [0.25, 0.3) is 11.1 Å². The van der Waals surface area contributed by atoms with Crippen molar-refractivity contribution in [2.45, 2.75) is 32.2 Å². The van der Waals surface area contributed by atoms with Crippen LogP contribution >= 0.6 is 0 Å². The van der Waals surface area contributed by atoms with E-state index in [-0.39, 0.29) is 23.4 Å². The van der Waals surface area contributed by atoms with Crippen molar-refractivity contribution in [1.29, 1.82) is 0 Å². The highest BCUT2D eigenvalue weighted by Gasteiger charge is 2.35. The summed E-state index contributed by atoms with van der Waals surface area (Å²) in [6, 6.07) is 15.5. The number of hydrogen-bond acceptors (Lipinski definition) is 3. The van der Waals surface area contributed by atoms with Crippen LogP contribution in [-0.2, 0) is 19.3 Å². The first-order valence-electron chi connectivity index (χ1n) is 11.2. The standard InChI is InChI=1S/C27H22F5N3O2/c1-16-24(18-10-5-6-12-21(18)28)25(36)35(15-23(33)17-8-3-2-4-9-17)26(37)34(16)14-19-20(27(30,31)32)11-7-13-22(19)29/h2-13,23H,14-15,33H2,1H3/t23-/m0/s1. The summed E-state index contributed by atoms with van der Waals surface area (Å²) in [7, 11) is 0. The molecule has 0 aliphatic rings. The van der Waals surface area contributed by atoms with Crippen molar-refractivity contribution in [1.82, 2.24) is 9.13 Å². The Hall–Kier alpha value is -4.05. The van der Waals surface area contributed by atoms with Gasteiger partial charge in [-0.3, -0.25) is 13.9 Å². The monoisotopic (exact) mass is 515 g/mol. The number of aromatic nitrogens is 2. The summed E-state index contributed by atoms with van der Waals surface area (Å²) in [5.41, 5.74) is 2.45. The van der Waals surface area contributed by atoms with Crippen molar-refractivity contribution in [3.05, 3.63) is 128 Å². The van der Waals surface area contributed by atoms with Crippen LogP contribution in [0.4, 0.5) is 22.0 Å². The fraction of sp³-hybridized carbons (Fsp3) is 0.185. The van der Waals surface area contributed by atoms with Crippen molar-refractivity contribution in [2.24, 2.45) is 5.73 Å². The average molecular weight is 515 g/mol. The van der Waals surface area contributed by atoms with E-state index in [1.807, 2.05) is 0 Å². The smallest absolute Gasteiger partial charge is 0.322 e. The Balaban J connectivity index is 1.97. The lowest BCUT2D eigenvalue weighted by molar-refractivity contribution is -0.138. The van der Waals surface area contributed by atoms with Gasteiger partial charge in [0.1, 0.15) is 11.6 Å². The molecule has 10 heteroatoms. The van der Waals surface area contributed by atoms with Crippen molar-refractivity contribution in [3.8, 4) is 11.1 Å². The number of hydrogen-bond donors (Lipinski definition) is 1. The maximum Gasteiger partial charge on any atom is 0.416 e. The Labute approximate surface area is 208 Å². The van der Waals surface area contributed by atoms with Gasteiger partial charge in [0.2, 0.25) is 0 Å². The summed E-state index contributed by atoms with van der Waals surface area (Å²) in [5, 5.41) is 0. The number of benzene rings is 3. The molecule has 0 spiro atoms. The largest absolute Gasteiger partial charge is 0.416 e. The summed E-state index contributed by atoms with van der Waals surface area (Å²) >= 11 is 0. The zero-order valence-electron chi connectivity index (χ0n) is 19.6. The van der Waals surface area contributed by atoms with Crippen LogP contribution < -0.4 is 17.0 Å². The molecule has 0 fully saturated rings. The third kappa shape index (κ3) is 5.10. The van der Waals surface area contributed by atoms with E-state index in [1.165, 1.54) is 25.1 Å². The lowest BCUT2D eigenvalue weighted by Gasteiger charge is -2.21. The molecule has 0 saturated carbocycles. The van der Waals surface area contributed by atoms with Gasteiger partial charge in [-0.2, -0.15) is 13.2 Å². The van der Waals surface area contributed by atoms with E-state index in [0.717, 1.165) is 27.3 Å². The molecule has 37 heavy (non-hydrogen) atoms. The van der Waals surface area contributed by atoms with Gasteiger partial charge in [-0.05, 0) is 30.7 Å². The zero-order valence-corrected chi connectivity index (χ0v) is 19.6. The number of nitrogens with two attached hydrogens (primary N) is 1. The van der Waals surface area contributed by atoms with Crippen LogP contribution in [0.5, 0.6) is 0 Å². The van der Waals surface area contributed by atoms with Crippen molar-refractivity contribution in [3.63, 3.8) is 0 Å². The fourth-order valence-electron chi connectivity index (χ4n) is 4.27. The molecule has 1 heterocycles. The summed E-state index contributed by atoms with van der Waals surface area (Å²) in [6.07, 6.45) is -4.90. The summed E-state index contributed by atoms with van der Waals surface area (Å²) in [6.45, 7) is 0.126. The zero-order chi connectivity index (χ0) is 26.9. The molecule has 1 aromatic heterocycles. The van der Waals surface area contributed by atoms with Crippen molar-refractivity contribution >= 4 is 0 Å². The second kappa shape index (κ2) is 10.1. The van der Waals surface area contributed by atoms with E-state index in [9.17, 15) is 31.5 Å². The normalized spacial score (nSPS) is 12.5. The molecule has 0 aliphatic carbocycles. The van der Waals surface area contributed by atoms with Gasteiger partial charge in [0.25, 0.3) is 5.56 Å². The maximum absolute atomic E-state index is 14.8. The minimum Gasteiger partial charge on any atom is -0.322 e.